The van der Waals surface area contributed by atoms with Crippen molar-refractivity contribution in [1.29, 1.82) is 0 Å². The maximum Gasteiger partial charge on any atom is 0.303 e. The number of aliphatic carboxylic acids is 1. The number of piperidine rings is 1. The number of likely N-dealkylation sites (tertiary alicyclic amines) is 1. The van der Waals surface area contributed by atoms with Gasteiger partial charge in [0.2, 0.25) is 5.91 Å². The standard InChI is InChI=1S/C9H15NO3.2C2H6/c1-7(11)10-4-2-8(3-5-10)6-9(12)13;2*1-2/h8H,2-6H2,1H3,(H,12,13);2*1-2H3. The van der Waals surface area contributed by atoms with Gasteiger partial charge in [0.05, 0.1) is 0 Å². The highest BCUT2D eigenvalue weighted by atomic mass is 16.4. The lowest BCUT2D eigenvalue weighted by Crippen LogP contribution is -2.37. The fourth-order valence-corrected chi connectivity index (χ4v) is 1.70. The predicted octanol–water partition coefficient (Wildman–Crippen LogP) is 2.77. The van der Waals surface area contributed by atoms with Crippen molar-refractivity contribution in [2.75, 3.05) is 13.1 Å². The van der Waals surface area contributed by atoms with E-state index in [4.69, 9.17) is 5.11 Å². The molecule has 0 atom stereocenters. The van der Waals surface area contributed by atoms with Gasteiger partial charge in [-0.2, -0.15) is 0 Å². The smallest absolute Gasteiger partial charge is 0.303 e. The second-order valence-electron chi connectivity index (χ2n) is 3.55. The van der Waals surface area contributed by atoms with Crippen LogP contribution in [-0.4, -0.2) is 35.0 Å². The van der Waals surface area contributed by atoms with Crippen LogP contribution in [-0.2, 0) is 9.59 Å². The van der Waals surface area contributed by atoms with Crippen molar-refractivity contribution in [2.45, 2.75) is 53.9 Å². The number of nitrogens with zero attached hydrogens (tertiary/aromatic N) is 1. The van der Waals surface area contributed by atoms with Gasteiger partial charge in [-0.1, -0.05) is 27.7 Å². The summed E-state index contributed by atoms with van der Waals surface area (Å²) in [6, 6.07) is 0. The number of hydrogen-bond donors (Lipinski definition) is 1. The third kappa shape index (κ3) is 8.72. The molecule has 4 nitrogen and oxygen atoms in total. The molecule has 1 fully saturated rings. The Morgan fingerprint density at radius 1 is 1.12 bits per heavy atom. The number of carboxylic acid groups (broad SMARTS) is 1. The van der Waals surface area contributed by atoms with Crippen LogP contribution < -0.4 is 0 Å². The van der Waals surface area contributed by atoms with Gasteiger partial charge >= 0.3 is 5.97 Å². The summed E-state index contributed by atoms with van der Waals surface area (Å²) < 4.78 is 0. The molecular formula is C13H27NO3. The minimum Gasteiger partial charge on any atom is -0.481 e. The van der Waals surface area contributed by atoms with Crippen molar-refractivity contribution in [3.8, 4) is 0 Å². The molecule has 0 radical (unpaired) electrons. The highest BCUT2D eigenvalue weighted by Crippen LogP contribution is 2.20. The Morgan fingerprint density at radius 3 is 1.82 bits per heavy atom. The summed E-state index contributed by atoms with van der Waals surface area (Å²) in [5.41, 5.74) is 0. The molecule has 0 aromatic heterocycles. The van der Waals surface area contributed by atoms with Crippen LogP contribution in [0.5, 0.6) is 0 Å². The van der Waals surface area contributed by atoms with Crippen LogP contribution in [0.1, 0.15) is 53.9 Å². The van der Waals surface area contributed by atoms with E-state index < -0.39 is 5.97 Å². The van der Waals surface area contributed by atoms with Crippen LogP contribution in [0.2, 0.25) is 0 Å². The van der Waals surface area contributed by atoms with E-state index in [0.717, 1.165) is 12.8 Å². The van der Waals surface area contributed by atoms with Crippen molar-refractivity contribution in [3.05, 3.63) is 0 Å². The van der Waals surface area contributed by atoms with Gasteiger partial charge in [-0.05, 0) is 18.8 Å². The summed E-state index contributed by atoms with van der Waals surface area (Å²) >= 11 is 0. The number of amides is 1. The molecule has 1 N–H and O–H groups in total. The zero-order chi connectivity index (χ0) is 13.8. The van der Waals surface area contributed by atoms with Crippen LogP contribution in [0.25, 0.3) is 0 Å². The zero-order valence-electron chi connectivity index (χ0n) is 11.8. The van der Waals surface area contributed by atoms with Gasteiger partial charge in [0, 0.05) is 26.4 Å². The van der Waals surface area contributed by atoms with Crippen molar-refractivity contribution in [1.82, 2.24) is 4.90 Å². The SMILES string of the molecule is CC.CC.CC(=O)N1CCC(CC(=O)O)CC1. The summed E-state index contributed by atoms with van der Waals surface area (Å²) in [6.45, 7) is 11.0. The maximum atomic E-state index is 10.9. The Kier molecular flexibility index (Phi) is 12.3. The Morgan fingerprint density at radius 2 is 1.53 bits per heavy atom. The number of carboxylic acids is 1. The van der Waals surface area contributed by atoms with E-state index >= 15 is 0 Å². The van der Waals surface area contributed by atoms with Crippen LogP contribution in [0.3, 0.4) is 0 Å². The second kappa shape index (κ2) is 11.4. The molecule has 1 rings (SSSR count). The number of hydrogen-bond acceptors (Lipinski definition) is 2. The van der Waals surface area contributed by atoms with Gasteiger partial charge in [-0.25, -0.2) is 0 Å². The third-order valence-corrected chi connectivity index (χ3v) is 2.52. The van der Waals surface area contributed by atoms with Crippen LogP contribution >= 0.6 is 0 Å². The zero-order valence-corrected chi connectivity index (χ0v) is 11.8. The van der Waals surface area contributed by atoms with Crippen LogP contribution in [0.15, 0.2) is 0 Å². The van der Waals surface area contributed by atoms with Crippen molar-refractivity contribution >= 4 is 11.9 Å². The monoisotopic (exact) mass is 245 g/mol. The molecule has 1 aliphatic heterocycles. The van der Waals surface area contributed by atoms with E-state index in [1.165, 1.54) is 0 Å². The molecule has 102 valence electrons. The molecule has 1 saturated heterocycles. The maximum absolute atomic E-state index is 10.9. The Labute approximate surface area is 105 Å². The van der Waals surface area contributed by atoms with E-state index in [-0.39, 0.29) is 18.2 Å². The Balaban J connectivity index is 0. The molecule has 0 aromatic carbocycles. The van der Waals surface area contributed by atoms with Crippen molar-refractivity contribution in [3.63, 3.8) is 0 Å². The molecule has 0 bridgehead atoms. The molecular weight excluding hydrogens is 218 g/mol. The minimum atomic E-state index is -0.735. The van der Waals surface area contributed by atoms with E-state index in [1.807, 2.05) is 27.7 Å². The van der Waals surface area contributed by atoms with Gasteiger partial charge in [-0.3, -0.25) is 9.59 Å². The van der Waals surface area contributed by atoms with E-state index in [0.29, 0.717) is 13.1 Å². The summed E-state index contributed by atoms with van der Waals surface area (Å²) in [7, 11) is 0. The lowest BCUT2D eigenvalue weighted by Gasteiger charge is -2.30. The fraction of sp³-hybridized carbons (Fsp3) is 0.846. The lowest BCUT2D eigenvalue weighted by atomic mass is 9.94. The lowest BCUT2D eigenvalue weighted by molar-refractivity contribution is -0.138. The number of carbonyl (C=O) groups is 2. The van der Waals surface area contributed by atoms with Gasteiger partial charge < -0.3 is 10.0 Å². The van der Waals surface area contributed by atoms with E-state index in [9.17, 15) is 9.59 Å². The first-order valence-electron chi connectivity index (χ1n) is 6.57. The molecule has 0 spiro atoms. The molecule has 0 saturated carbocycles. The second-order valence-corrected chi connectivity index (χ2v) is 3.55. The first kappa shape index (κ1) is 18.3. The largest absolute Gasteiger partial charge is 0.481 e. The molecule has 1 heterocycles. The molecule has 4 heteroatoms. The fourth-order valence-electron chi connectivity index (χ4n) is 1.70. The van der Waals surface area contributed by atoms with Crippen molar-refractivity contribution < 1.29 is 14.7 Å². The van der Waals surface area contributed by atoms with Crippen LogP contribution in [0, 0.1) is 5.92 Å². The topological polar surface area (TPSA) is 57.6 Å². The van der Waals surface area contributed by atoms with Gasteiger partial charge in [0.15, 0.2) is 0 Å². The summed E-state index contributed by atoms with van der Waals surface area (Å²) in [5.74, 6) is -0.386. The molecule has 0 aromatic rings. The van der Waals surface area contributed by atoms with E-state index in [1.54, 1.807) is 11.8 Å². The first-order valence-corrected chi connectivity index (χ1v) is 6.57. The van der Waals surface area contributed by atoms with Gasteiger partial charge in [-0.15, -0.1) is 0 Å². The quantitative estimate of drug-likeness (QED) is 0.813. The summed E-state index contributed by atoms with van der Waals surface area (Å²) in [6.07, 6.45) is 1.89. The molecule has 0 aliphatic carbocycles. The molecule has 0 unspecified atom stereocenters. The molecule has 1 amide bonds. The average molecular weight is 245 g/mol. The minimum absolute atomic E-state index is 0.0915. The Bertz CT molecular complexity index is 209. The summed E-state index contributed by atoms with van der Waals surface area (Å²) in [5, 5.41) is 8.56. The number of carbonyl (C=O) groups excluding carboxylic acids is 1. The molecule has 1 aliphatic rings. The van der Waals surface area contributed by atoms with E-state index in [2.05, 4.69) is 0 Å². The van der Waals surface area contributed by atoms with Crippen LogP contribution in [0.4, 0.5) is 0 Å². The third-order valence-electron chi connectivity index (χ3n) is 2.52. The Hall–Kier alpha value is -1.06. The van der Waals surface area contributed by atoms with Gasteiger partial charge in [0.25, 0.3) is 0 Å². The number of rotatable bonds is 2. The van der Waals surface area contributed by atoms with Gasteiger partial charge in [0.1, 0.15) is 0 Å². The first-order chi connectivity index (χ1) is 8.09. The van der Waals surface area contributed by atoms with Crippen molar-refractivity contribution in [2.24, 2.45) is 5.92 Å². The average Bonchev–Trinajstić information content (AvgIpc) is 2.34. The summed E-state index contributed by atoms with van der Waals surface area (Å²) in [4.78, 5) is 23.1. The predicted molar refractivity (Wildman–Crippen MR) is 69.9 cm³/mol. The highest BCUT2D eigenvalue weighted by molar-refractivity contribution is 5.73. The normalized spacial score (nSPS) is 15.0. The highest BCUT2D eigenvalue weighted by Gasteiger charge is 2.22. The molecule has 17 heavy (non-hydrogen) atoms.